The summed E-state index contributed by atoms with van der Waals surface area (Å²) >= 11 is 0. The largest absolute Gasteiger partial charge is 0.0622 e. The molecule has 1 heteroatoms. The fraction of sp³-hybridized carbons (Fsp3) is 0. The minimum atomic E-state index is 0. The Kier molecular flexibility index (Phi) is 3.47. The smallest absolute Gasteiger partial charge is 0 e. The van der Waals surface area contributed by atoms with E-state index in [1.807, 2.05) is 12.1 Å². The fourth-order valence-corrected chi connectivity index (χ4v) is 1.26. The number of benzene rings is 2. The maximum absolute atomic E-state index is 2.12. The van der Waals surface area contributed by atoms with Crippen molar-refractivity contribution in [3.05, 3.63) is 60.7 Å². The van der Waals surface area contributed by atoms with Crippen molar-refractivity contribution in [2.75, 3.05) is 0 Å². The topological polar surface area (TPSA) is 0 Å². The zero-order valence-electron chi connectivity index (χ0n) is 7.27. The molecule has 0 unspecified atom stereocenters. The molecule has 0 saturated heterocycles. The predicted molar refractivity (Wildman–Crippen MR) is 57.6 cm³/mol. The van der Waals surface area contributed by atoms with Gasteiger partial charge in [-0.05, 0) is 11.1 Å². The van der Waals surface area contributed by atoms with Gasteiger partial charge in [-0.25, -0.2) is 0 Å². The van der Waals surface area contributed by atoms with Crippen LogP contribution in [0.15, 0.2) is 60.7 Å². The molecule has 0 saturated carbocycles. The van der Waals surface area contributed by atoms with Crippen molar-refractivity contribution < 1.29 is 0 Å². The monoisotopic (exact) mass is 182 g/mol. The molecule has 0 fully saturated rings. The highest BCUT2D eigenvalue weighted by atomic mass is 28.1. The first kappa shape index (κ1) is 9.74. The van der Waals surface area contributed by atoms with Crippen molar-refractivity contribution in [2.45, 2.75) is 0 Å². The number of hydrogen-bond acceptors (Lipinski definition) is 0. The van der Waals surface area contributed by atoms with Crippen molar-refractivity contribution in [1.29, 1.82) is 0 Å². The molecular formula is C12H10Si. The first-order chi connectivity index (χ1) is 5.97. The van der Waals surface area contributed by atoms with Gasteiger partial charge in [0.15, 0.2) is 0 Å². The van der Waals surface area contributed by atoms with E-state index in [-0.39, 0.29) is 11.0 Å². The second-order valence-electron chi connectivity index (χ2n) is 2.73. The summed E-state index contributed by atoms with van der Waals surface area (Å²) in [4.78, 5) is 0. The third-order valence-electron chi connectivity index (χ3n) is 1.88. The van der Waals surface area contributed by atoms with Gasteiger partial charge in [-0.15, -0.1) is 0 Å². The molecule has 2 aromatic rings. The van der Waals surface area contributed by atoms with Crippen LogP contribution in [0.1, 0.15) is 0 Å². The van der Waals surface area contributed by atoms with Crippen LogP contribution in [0.3, 0.4) is 0 Å². The molecule has 0 aromatic heterocycles. The lowest BCUT2D eigenvalue weighted by Crippen LogP contribution is -1.73. The van der Waals surface area contributed by atoms with Crippen LogP contribution in [-0.4, -0.2) is 11.0 Å². The molecule has 62 valence electrons. The molecule has 0 spiro atoms. The molecule has 0 N–H and O–H groups in total. The van der Waals surface area contributed by atoms with E-state index in [1.54, 1.807) is 0 Å². The molecule has 4 radical (unpaired) electrons. The minimum Gasteiger partial charge on any atom is -0.0622 e. The molecule has 0 bridgehead atoms. The van der Waals surface area contributed by atoms with E-state index < -0.39 is 0 Å². The van der Waals surface area contributed by atoms with Crippen LogP contribution in [0.4, 0.5) is 0 Å². The Balaban J connectivity index is 0.000000845. The highest BCUT2D eigenvalue weighted by molar-refractivity contribution is 5.75. The van der Waals surface area contributed by atoms with E-state index in [1.165, 1.54) is 11.1 Å². The molecule has 13 heavy (non-hydrogen) atoms. The molecule has 0 amide bonds. The summed E-state index contributed by atoms with van der Waals surface area (Å²) in [6, 6.07) is 20.8. The van der Waals surface area contributed by atoms with Gasteiger partial charge in [-0.1, -0.05) is 60.7 Å². The minimum absolute atomic E-state index is 0. The third-order valence-corrected chi connectivity index (χ3v) is 1.88. The van der Waals surface area contributed by atoms with Crippen LogP contribution in [0.2, 0.25) is 0 Å². The average molecular weight is 182 g/mol. The molecule has 2 rings (SSSR count). The van der Waals surface area contributed by atoms with Crippen LogP contribution < -0.4 is 0 Å². The number of rotatable bonds is 1. The van der Waals surface area contributed by atoms with E-state index in [2.05, 4.69) is 48.5 Å². The summed E-state index contributed by atoms with van der Waals surface area (Å²) in [5.41, 5.74) is 2.55. The molecular weight excluding hydrogens is 172 g/mol. The third kappa shape index (κ3) is 2.29. The maximum atomic E-state index is 2.12. The maximum Gasteiger partial charge on any atom is 0 e. The Hall–Kier alpha value is -1.34. The van der Waals surface area contributed by atoms with Crippen molar-refractivity contribution in [3.63, 3.8) is 0 Å². The Morgan fingerprint density at radius 3 is 1.08 bits per heavy atom. The van der Waals surface area contributed by atoms with Gasteiger partial charge in [0, 0.05) is 11.0 Å². The van der Waals surface area contributed by atoms with Gasteiger partial charge in [0.1, 0.15) is 0 Å². The van der Waals surface area contributed by atoms with E-state index in [0.29, 0.717) is 0 Å². The fourth-order valence-electron chi connectivity index (χ4n) is 1.26. The van der Waals surface area contributed by atoms with Crippen LogP contribution in [0.25, 0.3) is 11.1 Å². The highest BCUT2D eigenvalue weighted by Gasteiger charge is 1.91. The summed E-state index contributed by atoms with van der Waals surface area (Å²) in [6.07, 6.45) is 0. The van der Waals surface area contributed by atoms with Gasteiger partial charge in [0.2, 0.25) is 0 Å². The van der Waals surface area contributed by atoms with Crippen molar-refractivity contribution in [2.24, 2.45) is 0 Å². The van der Waals surface area contributed by atoms with Gasteiger partial charge in [0.25, 0.3) is 0 Å². The van der Waals surface area contributed by atoms with Gasteiger partial charge < -0.3 is 0 Å². The molecule has 0 aliphatic heterocycles. The molecule has 0 aliphatic rings. The Bertz CT molecular complexity index is 303. The van der Waals surface area contributed by atoms with Crippen LogP contribution >= 0.6 is 0 Å². The van der Waals surface area contributed by atoms with Gasteiger partial charge in [0.05, 0.1) is 0 Å². The standard InChI is InChI=1S/C12H10.Si/c1-3-7-11(8-4-1)12-9-5-2-6-10-12;/h1-10H;. The average Bonchev–Trinajstić information content (AvgIpc) is 2.21. The SMILES string of the molecule is [Si].c1ccc(-c2ccccc2)cc1. The lowest BCUT2D eigenvalue weighted by Gasteiger charge is -1.98. The molecule has 0 heterocycles. The predicted octanol–water partition coefficient (Wildman–Crippen LogP) is 2.97. The number of hydrogen-bond donors (Lipinski definition) is 0. The Morgan fingerprint density at radius 1 is 0.462 bits per heavy atom. The van der Waals surface area contributed by atoms with Crippen LogP contribution in [0, 0.1) is 0 Å². The van der Waals surface area contributed by atoms with E-state index in [0.717, 1.165) is 0 Å². The van der Waals surface area contributed by atoms with E-state index in [4.69, 9.17) is 0 Å². The Morgan fingerprint density at radius 2 is 0.769 bits per heavy atom. The second kappa shape index (κ2) is 4.63. The normalized spacial score (nSPS) is 8.92. The summed E-state index contributed by atoms with van der Waals surface area (Å²) in [5, 5.41) is 0. The summed E-state index contributed by atoms with van der Waals surface area (Å²) < 4.78 is 0. The first-order valence-electron chi connectivity index (χ1n) is 4.07. The van der Waals surface area contributed by atoms with Crippen molar-refractivity contribution >= 4 is 11.0 Å². The van der Waals surface area contributed by atoms with E-state index in [9.17, 15) is 0 Å². The molecule has 0 atom stereocenters. The first-order valence-corrected chi connectivity index (χ1v) is 4.07. The lowest BCUT2D eigenvalue weighted by molar-refractivity contribution is 1.62. The zero-order valence-corrected chi connectivity index (χ0v) is 8.27. The zero-order chi connectivity index (χ0) is 8.23. The Labute approximate surface area is 83.3 Å². The lowest BCUT2D eigenvalue weighted by atomic mass is 10.1. The van der Waals surface area contributed by atoms with Gasteiger partial charge in [-0.2, -0.15) is 0 Å². The van der Waals surface area contributed by atoms with Gasteiger partial charge >= 0.3 is 0 Å². The molecule has 0 aliphatic carbocycles. The molecule has 2 aromatic carbocycles. The highest BCUT2D eigenvalue weighted by Crippen LogP contribution is 2.17. The van der Waals surface area contributed by atoms with Crippen molar-refractivity contribution in [1.82, 2.24) is 0 Å². The van der Waals surface area contributed by atoms with Gasteiger partial charge in [-0.3, -0.25) is 0 Å². The van der Waals surface area contributed by atoms with Crippen LogP contribution in [0.5, 0.6) is 0 Å². The molecule has 0 nitrogen and oxygen atoms in total. The summed E-state index contributed by atoms with van der Waals surface area (Å²) in [5.74, 6) is 0. The van der Waals surface area contributed by atoms with E-state index >= 15 is 0 Å². The van der Waals surface area contributed by atoms with Crippen LogP contribution in [-0.2, 0) is 0 Å². The second-order valence-corrected chi connectivity index (χ2v) is 2.73. The summed E-state index contributed by atoms with van der Waals surface area (Å²) in [7, 11) is 0. The van der Waals surface area contributed by atoms with Crippen molar-refractivity contribution in [3.8, 4) is 11.1 Å². The quantitative estimate of drug-likeness (QED) is 0.595. The summed E-state index contributed by atoms with van der Waals surface area (Å²) in [6.45, 7) is 0.